The van der Waals surface area contributed by atoms with Gasteiger partial charge in [0.05, 0.1) is 0 Å². The van der Waals surface area contributed by atoms with Crippen molar-refractivity contribution in [1.29, 1.82) is 0 Å². The molecule has 0 amide bonds. The molecule has 0 aliphatic heterocycles. The van der Waals surface area contributed by atoms with Crippen molar-refractivity contribution in [3.63, 3.8) is 0 Å². The van der Waals surface area contributed by atoms with Crippen molar-refractivity contribution in [1.82, 2.24) is 0 Å². The van der Waals surface area contributed by atoms with Crippen LogP contribution in [0.25, 0.3) is 0 Å². The molecule has 0 aliphatic rings. The zero-order valence-corrected chi connectivity index (χ0v) is 10.6. The number of hydrogen-bond acceptors (Lipinski definition) is 1. The van der Waals surface area contributed by atoms with Gasteiger partial charge in [-0.2, -0.15) is 0 Å². The molecular weight excluding hydrogens is 220 g/mol. The van der Waals surface area contributed by atoms with Gasteiger partial charge < -0.3 is 4.79 Å². The number of benzene rings is 2. The van der Waals surface area contributed by atoms with Crippen molar-refractivity contribution < 1.29 is 4.79 Å². The topological polar surface area (TPSA) is 17.1 Å². The second-order valence-corrected chi connectivity index (χ2v) is 4.69. The SMILES string of the molecule is CC(c1ccccc1)C(C=O)Cc1ccccc1. The predicted molar refractivity (Wildman–Crippen MR) is 74.6 cm³/mol. The van der Waals surface area contributed by atoms with Crippen LogP contribution in [0, 0.1) is 5.92 Å². The van der Waals surface area contributed by atoms with Crippen molar-refractivity contribution in [3.05, 3.63) is 71.8 Å². The van der Waals surface area contributed by atoms with Gasteiger partial charge in [-0.25, -0.2) is 0 Å². The molecule has 2 atom stereocenters. The standard InChI is InChI=1S/C17H18O/c1-14(16-10-6-3-7-11-16)17(13-18)12-15-8-4-2-5-9-15/h2-11,13-14,17H,12H2,1H3. The summed E-state index contributed by atoms with van der Waals surface area (Å²) in [6.07, 6.45) is 1.89. The molecule has 0 heterocycles. The minimum atomic E-state index is 0.0369. The summed E-state index contributed by atoms with van der Waals surface area (Å²) in [6, 6.07) is 20.4. The van der Waals surface area contributed by atoms with E-state index in [1.54, 1.807) is 0 Å². The van der Waals surface area contributed by atoms with Gasteiger partial charge >= 0.3 is 0 Å². The summed E-state index contributed by atoms with van der Waals surface area (Å²) >= 11 is 0. The van der Waals surface area contributed by atoms with E-state index >= 15 is 0 Å². The van der Waals surface area contributed by atoms with Gasteiger partial charge in [-0.05, 0) is 23.5 Å². The molecule has 1 heteroatoms. The average Bonchev–Trinajstić information content (AvgIpc) is 2.46. The predicted octanol–water partition coefficient (Wildman–Crippen LogP) is 3.85. The molecule has 2 aromatic rings. The molecule has 92 valence electrons. The lowest BCUT2D eigenvalue weighted by atomic mass is 9.84. The van der Waals surface area contributed by atoms with Gasteiger partial charge in [0.25, 0.3) is 0 Å². The van der Waals surface area contributed by atoms with Gasteiger partial charge in [-0.15, -0.1) is 0 Å². The second-order valence-electron chi connectivity index (χ2n) is 4.69. The van der Waals surface area contributed by atoms with E-state index in [-0.39, 0.29) is 11.8 Å². The summed E-state index contributed by atoms with van der Waals surface area (Å²) in [5.41, 5.74) is 2.45. The van der Waals surface area contributed by atoms with Crippen LogP contribution in [0.3, 0.4) is 0 Å². The van der Waals surface area contributed by atoms with Crippen molar-refractivity contribution >= 4 is 6.29 Å². The van der Waals surface area contributed by atoms with E-state index in [0.29, 0.717) is 0 Å². The summed E-state index contributed by atoms with van der Waals surface area (Å²) in [5.74, 6) is 0.290. The van der Waals surface area contributed by atoms with E-state index in [9.17, 15) is 4.79 Å². The number of aldehydes is 1. The minimum absolute atomic E-state index is 0.0369. The minimum Gasteiger partial charge on any atom is -0.303 e. The Kier molecular flexibility index (Phi) is 4.30. The van der Waals surface area contributed by atoms with Crippen LogP contribution in [0.1, 0.15) is 24.0 Å². The Morgan fingerprint density at radius 1 is 0.944 bits per heavy atom. The van der Waals surface area contributed by atoms with Crippen molar-refractivity contribution in [2.45, 2.75) is 19.3 Å². The first-order valence-corrected chi connectivity index (χ1v) is 6.35. The first-order chi connectivity index (χ1) is 8.81. The van der Waals surface area contributed by atoms with E-state index in [1.807, 2.05) is 36.4 Å². The van der Waals surface area contributed by atoms with Crippen molar-refractivity contribution in [3.8, 4) is 0 Å². The second kappa shape index (κ2) is 6.15. The smallest absolute Gasteiger partial charge is 0.124 e. The van der Waals surface area contributed by atoms with Crippen LogP contribution in [0.2, 0.25) is 0 Å². The molecule has 2 aromatic carbocycles. The third-order valence-corrected chi connectivity index (χ3v) is 3.46. The summed E-state index contributed by atoms with van der Waals surface area (Å²) in [6.45, 7) is 2.12. The van der Waals surface area contributed by atoms with Crippen molar-refractivity contribution in [2.75, 3.05) is 0 Å². The third-order valence-electron chi connectivity index (χ3n) is 3.46. The molecule has 0 radical (unpaired) electrons. The summed E-state index contributed by atoms with van der Waals surface area (Å²) in [7, 11) is 0. The molecule has 0 saturated heterocycles. The lowest BCUT2D eigenvalue weighted by Crippen LogP contribution is -2.14. The quantitative estimate of drug-likeness (QED) is 0.723. The monoisotopic (exact) mass is 238 g/mol. The van der Waals surface area contributed by atoms with Gasteiger partial charge in [0.1, 0.15) is 6.29 Å². The third kappa shape index (κ3) is 3.07. The maximum atomic E-state index is 11.3. The average molecular weight is 238 g/mol. The Balaban J connectivity index is 2.12. The normalized spacial score (nSPS) is 13.8. The highest BCUT2D eigenvalue weighted by molar-refractivity contribution is 5.56. The molecule has 2 rings (SSSR count). The first-order valence-electron chi connectivity index (χ1n) is 6.35. The molecule has 0 N–H and O–H groups in total. The van der Waals surface area contributed by atoms with Gasteiger partial charge in [-0.1, -0.05) is 67.6 Å². The van der Waals surface area contributed by atoms with E-state index < -0.39 is 0 Å². The maximum absolute atomic E-state index is 11.3. The lowest BCUT2D eigenvalue weighted by Gasteiger charge is -2.19. The van der Waals surface area contributed by atoms with Crippen LogP contribution in [-0.2, 0) is 11.2 Å². The number of carbonyl (C=O) groups is 1. The number of carbonyl (C=O) groups excluding carboxylic acids is 1. The molecule has 18 heavy (non-hydrogen) atoms. The number of rotatable bonds is 5. The zero-order chi connectivity index (χ0) is 12.8. The Morgan fingerprint density at radius 2 is 1.50 bits per heavy atom. The Hall–Kier alpha value is -1.89. The molecule has 0 spiro atoms. The molecule has 0 aliphatic carbocycles. The molecule has 0 saturated carbocycles. The fraction of sp³-hybridized carbons (Fsp3) is 0.235. The molecular formula is C17H18O. The largest absolute Gasteiger partial charge is 0.303 e. The Bertz CT molecular complexity index is 475. The highest BCUT2D eigenvalue weighted by Crippen LogP contribution is 2.25. The van der Waals surface area contributed by atoms with Crippen LogP contribution >= 0.6 is 0 Å². The maximum Gasteiger partial charge on any atom is 0.124 e. The highest BCUT2D eigenvalue weighted by atomic mass is 16.1. The first kappa shape index (κ1) is 12.6. The van der Waals surface area contributed by atoms with E-state index in [4.69, 9.17) is 0 Å². The lowest BCUT2D eigenvalue weighted by molar-refractivity contribution is -0.111. The molecule has 0 bridgehead atoms. The van der Waals surface area contributed by atoms with Gasteiger partial charge in [-0.3, -0.25) is 0 Å². The van der Waals surface area contributed by atoms with Gasteiger partial charge in [0.15, 0.2) is 0 Å². The highest BCUT2D eigenvalue weighted by Gasteiger charge is 2.18. The fourth-order valence-electron chi connectivity index (χ4n) is 2.23. The molecule has 0 fully saturated rings. The van der Waals surface area contributed by atoms with E-state index in [0.717, 1.165) is 12.7 Å². The molecule has 2 unspecified atom stereocenters. The van der Waals surface area contributed by atoms with E-state index in [2.05, 4.69) is 31.2 Å². The molecule has 0 aromatic heterocycles. The summed E-state index contributed by atoms with van der Waals surface area (Å²) in [5, 5.41) is 0. The van der Waals surface area contributed by atoms with E-state index in [1.165, 1.54) is 11.1 Å². The Morgan fingerprint density at radius 3 is 2.06 bits per heavy atom. The van der Waals surface area contributed by atoms with Crippen LogP contribution in [-0.4, -0.2) is 6.29 Å². The fourth-order valence-corrected chi connectivity index (χ4v) is 2.23. The van der Waals surface area contributed by atoms with Crippen molar-refractivity contribution in [2.24, 2.45) is 5.92 Å². The van der Waals surface area contributed by atoms with Gasteiger partial charge in [0, 0.05) is 5.92 Å². The zero-order valence-electron chi connectivity index (χ0n) is 10.6. The number of hydrogen-bond donors (Lipinski definition) is 0. The molecule has 1 nitrogen and oxygen atoms in total. The van der Waals surface area contributed by atoms with Crippen LogP contribution in [0.4, 0.5) is 0 Å². The van der Waals surface area contributed by atoms with Crippen LogP contribution in [0.5, 0.6) is 0 Å². The van der Waals surface area contributed by atoms with Crippen LogP contribution < -0.4 is 0 Å². The summed E-state index contributed by atoms with van der Waals surface area (Å²) in [4.78, 5) is 11.3. The van der Waals surface area contributed by atoms with Gasteiger partial charge in [0.2, 0.25) is 0 Å². The summed E-state index contributed by atoms with van der Waals surface area (Å²) < 4.78 is 0. The van der Waals surface area contributed by atoms with Crippen LogP contribution in [0.15, 0.2) is 60.7 Å². The Labute approximate surface area is 108 Å².